The molecule has 86 heavy (non-hydrogen) atoms. The highest BCUT2D eigenvalue weighted by molar-refractivity contribution is 5.88. The number of esters is 4. The Morgan fingerprint density at radius 1 is 0.442 bits per heavy atom. The zero-order valence-corrected chi connectivity index (χ0v) is 48.5. The van der Waals surface area contributed by atoms with Crippen LogP contribution in [-0.2, 0) is 42.9 Å². The van der Waals surface area contributed by atoms with Gasteiger partial charge in [-0.15, -0.1) is 0 Å². The van der Waals surface area contributed by atoms with Crippen molar-refractivity contribution in [1.82, 2.24) is 21.3 Å². The average molecular weight is 1170 g/mol. The van der Waals surface area contributed by atoms with Crippen LogP contribution in [0.2, 0.25) is 0 Å². The van der Waals surface area contributed by atoms with E-state index in [0.29, 0.717) is 45.6 Å². The van der Waals surface area contributed by atoms with E-state index in [4.69, 9.17) is 37.9 Å². The fourth-order valence-electron chi connectivity index (χ4n) is 8.37. The van der Waals surface area contributed by atoms with Crippen molar-refractivity contribution >= 4 is 53.8 Å². The van der Waals surface area contributed by atoms with E-state index in [9.17, 15) is 38.4 Å². The van der Waals surface area contributed by atoms with Crippen molar-refractivity contribution in [1.29, 1.82) is 0 Å². The highest BCUT2D eigenvalue weighted by atomic mass is 16.6. The second-order valence-corrected chi connectivity index (χ2v) is 19.7. The van der Waals surface area contributed by atoms with E-state index in [1.807, 2.05) is 79.7 Å². The lowest BCUT2D eigenvalue weighted by Gasteiger charge is -2.27. The zero-order chi connectivity index (χ0) is 62.3. The van der Waals surface area contributed by atoms with Gasteiger partial charge in [-0.3, -0.25) is 0 Å². The number of nitrogens with one attached hydrogen (secondary N) is 4. The minimum Gasteiger partial charge on any atom is -0.460 e. The van der Waals surface area contributed by atoms with Gasteiger partial charge in [-0.25, -0.2) is 38.4 Å². The second-order valence-electron chi connectivity index (χ2n) is 19.7. The van der Waals surface area contributed by atoms with Crippen molar-refractivity contribution < 1.29 is 76.3 Å². The van der Waals surface area contributed by atoms with Crippen molar-refractivity contribution in [3.05, 3.63) is 204 Å². The fourth-order valence-corrected chi connectivity index (χ4v) is 8.37. The molecule has 0 aromatic heterocycles. The molecule has 20 heteroatoms. The number of carbonyl (C=O) groups excluding carboxylic acids is 8. The lowest BCUT2D eigenvalue weighted by molar-refractivity contribution is -0.139. The van der Waals surface area contributed by atoms with Crippen molar-refractivity contribution in [2.24, 2.45) is 5.92 Å². The molecule has 0 radical (unpaired) electrons. The molecule has 2 atom stereocenters. The molecule has 0 saturated heterocycles. The summed E-state index contributed by atoms with van der Waals surface area (Å²) in [6, 6.07) is 34.5. The van der Waals surface area contributed by atoms with Crippen LogP contribution in [0.4, 0.5) is 19.2 Å². The van der Waals surface area contributed by atoms with E-state index < -0.39 is 54.2 Å². The van der Waals surface area contributed by atoms with Crippen molar-refractivity contribution in [3.63, 3.8) is 0 Å². The fraction of sp³-hybridized carbons (Fsp3) is 0.242. The van der Waals surface area contributed by atoms with E-state index in [2.05, 4.69) is 47.6 Å². The molecule has 2 unspecified atom stereocenters. The van der Waals surface area contributed by atoms with E-state index >= 15 is 0 Å². The van der Waals surface area contributed by atoms with Crippen LogP contribution in [0.15, 0.2) is 182 Å². The highest BCUT2D eigenvalue weighted by Gasteiger charge is 2.29. The molecule has 448 valence electrons. The Morgan fingerprint density at radius 3 is 1.26 bits per heavy atom. The number of hydrogen-bond donors (Lipinski definition) is 4. The quantitative estimate of drug-likeness (QED) is 0.0132. The van der Waals surface area contributed by atoms with Crippen LogP contribution in [0.3, 0.4) is 0 Å². The van der Waals surface area contributed by atoms with Crippen LogP contribution in [0.25, 0.3) is 27.8 Å². The summed E-state index contributed by atoms with van der Waals surface area (Å²) in [4.78, 5) is 101. The number of hydrogen-bond acceptors (Lipinski definition) is 16. The van der Waals surface area contributed by atoms with Gasteiger partial charge in [-0.05, 0) is 115 Å². The summed E-state index contributed by atoms with van der Waals surface area (Å²) < 4.78 is 44.0. The maximum Gasteiger partial charge on any atom is 0.412 e. The maximum atomic E-state index is 13.9. The van der Waals surface area contributed by atoms with Crippen LogP contribution in [0.5, 0.6) is 17.2 Å². The molecule has 4 N–H and O–H groups in total. The summed E-state index contributed by atoms with van der Waals surface area (Å²) in [6.07, 6.45) is 0.486. The van der Waals surface area contributed by atoms with Crippen LogP contribution in [-0.4, -0.2) is 101 Å². The summed E-state index contributed by atoms with van der Waals surface area (Å²) >= 11 is 0. The minimum atomic E-state index is -0.924. The Kier molecular flexibility index (Phi) is 23.9. The van der Waals surface area contributed by atoms with Crippen molar-refractivity contribution in [2.75, 3.05) is 52.6 Å². The first-order valence-corrected chi connectivity index (χ1v) is 27.2. The molecule has 5 aromatic carbocycles. The van der Waals surface area contributed by atoms with Crippen LogP contribution in [0.1, 0.15) is 69.2 Å². The van der Waals surface area contributed by atoms with Gasteiger partial charge in [0.2, 0.25) is 0 Å². The van der Waals surface area contributed by atoms with Crippen LogP contribution < -0.4 is 35.5 Å². The average Bonchev–Trinajstić information content (AvgIpc) is 1.72. The number of ether oxygens (including phenoxy) is 8. The van der Waals surface area contributed by atoms with Gasteiger partial charge in [0.1, 0.15) is 49.4 Å². The summed E-state index contributed by atoms with van der Waals surface area (Å²) in [6.45, 7) is 21.5. The monoisotopic (exact) mass is 1170 g/mol. The zero-order valence-electron chi connectivity index (χ0n) is 48.5. The van der Waals surface area contributed by atoms with Gasteiger partial charge in [0.15, 0.2) is 0 Å². The SMILES string of the molecule is C=C(C)C(=O)OCCNC(=O)OC1=CC=C(c2ccc(OC(=O)NCCOC(=O)C(=C)C)c(C(c3ccc(-c4ccccc4)cc3)c3cc(-c4ccc(OC(=O)NCCOC(=O)C(=C)C)cc4)ccc3OC(=O)NCCOC(=O)C(=C)C)c2)C(C)C1. The summed E-state index contributed by atoms with van der Waals surface area (Å²) in [5.74, 6) is -2.89. The van der Waals surface area contributed by atoms with Crippen molar-refractivity contribution in [3.8, 4) is 39.5 Å². The first-order chi connectivity index (χ1) is 41.2. The number of benzene rings is 5. The maximum absolute atomic E-state index is 13.9. The molecule has 5 aromatic rings. The molecule has 0 saturated carbocycles. The second kappa shape index (κ2) is 31.8. The first kappa shape index (κ1) is 64.7. The standard InChI is InChI=1S/C66H68N4O16/c1-40(2)59(71)79-33-29-67-63(75)83-51-23-19-47(20-24-51)49-21-27-56(85-65(77)69-31-35-81-61(73)42(5)6)54(38-49)58(48-17-15-46(16-18-48)45-13-11-10-12-14-45)55-39-50(22-28-57(55)86-66(78)70-32-36-82-62(74)43(7)8)53-26-25-52(37-44(53)9)84-64(76)68-30-34-80-60(72)41(3)4/h10-28,38-39,44,58H,1,3,5,7,29-37H2,2,4,6,8-9H3,(H,67,75)(H,68,76)(H,69,77)(H,70,78). The Balaban J connectivity index is 1.46. The molecular weight excluding hydrogens is 1100 g/mol. The van der Waals surface area contributed by atoms with E-state index in [0.717, 1.165) is 16.7 Å². The Bertz CT molecular complexity index is 3440. The third-order valence-corrected chi connectivity index (χ3v) is 12.7. The Labute approximate surface area is 498 Å². The minimum absolute atomic E-state index is 0.00431. The number of carbonyl (C=O) groups is 8. The van der Waals surface area contributed by atoms with E-state index in [1.54, 1.807) is 54.6 Å². The topological polar surface area (TPSA) is 259 Å². The van der Waals surface area contributed by atoms with Crippen LogP contribution >= 0.6 is 0 Å². The van der Waals surface area contributed by atoms with Gasteiger partial charge < -0.3 is 59.2 Å². The van der Waals surface area contributed by atoms with E-state index in [1.165, 1.54) is 27.7 Å². The summed E-state index contributed by atoms with van der Waals surface area (Å²) in [7, 11) is 0. The molecular formula is C66H68N4O16. The van der Waals surface area contributed by atoms with Gasteiger partial charge in [-0.2, -0.15) is 0 Å². The summed E-state index contributed by atoms with van der Waals surface area (Å²) in [5.41, 5.74) is 6.86. The molecule has 0 heterocycles. The van der Waals surface area contributed by atoms with E-state index in [-0.39, 0.29) is 98.1 Å². The lowest BCUT2D eigenvalue weighted by Crippen LogP contribution is -2.31. The molecule has 0 aliphatic heterocycles. The number of amides is 4. The Morgan fingerprint density at radius 2 is 0.814 bits per heavy atom. The van der Waals surface area contributed by atoms with Gasteiger partial charge in [0.25, 0.3) is 0 Å². The van der Waals surface area contributed by atoms with Gasteiger partial charge in [0, 0.05) is 45.8 Å². The molecule has 20 nitrogen and oxygen atoms in total. The molecule has 0 bridgehead atoms. The predicted octanol–water partition coefficient (Wildman–Crippen LogP) is 11.0. The van der Waals surface area contributed by atoms with Gasteiger partial charge in [-0.1, -0.05) is 118 Å². The number of allylic oxidation sites excluding steroid dienone is 4. The normalized spacial score (nSPS) is 12.6. The Hall–Kier alpha value is -10.5. The molecule has 0 fully saturated rings. The first-order valence-electron chi connectivity index (χ1n) is 27.2. The smallest absolute Gasteiger partial charge is 0.412 e. The summed E-state index contributed by atoms with van der Waals surface area (Å²) in [5, 5.41) is 10.4. The third kappa shape index (κ3) is 19.6. The number of rotatable bonds is 26. The number of alkyl carbamates (subject to hydrolysis) is 1. The van der Waals surface area contributed by atoms with Crippen molar-refractivity contribution in [2.45, 2.75) is 47.0 Å². The third-order valence-electron chi connectivity index (χ3n) is 12.7. The highest BCUT2D eigenvalue weighted by Crippen LogP contribution is 2.45. The predicted molar refractivity (Wildman–Crippen MR) is 321 cm³/mol. The molecule has 0 spiro atoms. The van der Waals surface area contributed by atoms with Gasteiger partial charge in [0.05, 0.1) is 26.2 Å². The van der Waals surface area contributed by atoms with Crippen LogP contribution in [0, 0.1) is 5.92 Å². The molecule has 1 aliphatic rings. The van der Waals surface area contributed by atoms with Gasteiger partial charge >= 0.3 is 48.3 Å². The molecule has 1 aliphatic carbocycles. The molecule has 6 rings (SSSR count). The molecule has 4 amide bonds. The largest absolute Gasteiger partial charge is 0.460 e. The lowest BCUT2D eigenvalue weighted by atomic mass is 9.80.